The maximum atomic E-state index is 12.2. The number of rotatable bonds is 3. The van der Waals surface area contributed by atoms with Crippen LogP contribution in [0.5, 0.6) is 0 Å². The van der Waals surface area contributed by atoms with Gasteiger partial charge in [0.25, 0.3) is 0 Å². The second-order valence-electron chi connectivity index (χ2n) is 5.42. The maximum absolute atomic E-state index is 12.2. The smallest absolute Gasteiger partial charge is 0.353 e. The number of carbonyl (C=O) groups excluding carboxylic acids is 1. The third-order valence-electron chi connectivity index (χ3n) is 3.43. The van der Waals surface area contributed by atoms with E-state index in [1.807, 2.05) is 6.92 Å². The lowest BCUT2D eigenvalue weighted by molar-refractivity contribution is -0.142. The standard InChI is InChI=1S/C12H21F3N2O/c1-7-3-4-10(16)9(5-7)11(18)17-8(2)6-12(13,14)15/h7-10H,3-6,16H2,1-2H3,(H,17,18). The summed E-state index contributed by atoms with van der Waals surface area (Å²) in [6, 6.07) is -1.14. The molecule has 6 heteroatoms. The summed E-state index contributed by atoms with van der Waals surface area (Å²) >= 11 is 0. The number of amides is 1. The molecule has 4 unspecified atom stereocenters. The zero-order chi connectivity index (χ0) is 13.9. The van der Waals surface area contributed by atoms with Gasteiger partial charge in [-0.05, 0) is 32.1 Å². The van der Waals surface area contributed by atoms with Crippen molar-refractivity contribution < 1.29 is 18.0 Å². The Labute approximate surface area is 105 Å². The SMILES string of the molecule is CC1CCC(N)C(C(=O)NC(C)CC(F)(F)F)C1. The number of nitrogens with one attached hydrogen (secondary N) is 1. The molecule has 106 valence electrons. The zero-order valence-electron chi connectivity index (χ0n) is 10.8. The first-order chi connectivity index (χ1) is 8.19. The zero-order valence-corrected chi connectivity index (χ0v) is 10.8. The molecule has 0 aromatic rings. The van der Waals surface area contributed by atoms with Gasteiger partial charge < -0.3 is 11.1 Å². The lowest BCUT2D eigenvalue weighted by atomic mass is 9.78. The highest BCUT2D eigenvalue weighted by atomic mass is 19.4. The van der Waals surface area contributed by atoms with Gasteiger partial charge in [-0.25, -0.2) is 0 Å². The van der Waals surface area contributed by atoms with Crippen molar-refractivity contribution in [3.63, 3.8) is 0 Å². The molecule has 4 atom stereocenters. The van der Waals surface area contributed by atoms with Crippen molar-refractivity contribution in [3.05, 3.63) is 0 Å². The Morgan fingerprint density at radius 3 is 2.61 bits per heavy atom. The number of alkyl halides is 3. The van der Waals surface area contributed by atoms with Gasteiger partial charge in [-0.1, -0.05) is 6.92 Å². The van der Waals surface area contributed by atoms with Crippen LogP contribution >= 0.6 is 0 Å². The largest absolute Gasteiger partial charge is 0.391 e. The molecule has 0 heterocycles. The molecule has 3 nitrogen and oxygen atoms in total. The number of hydrogen-bond donors (Lipinski definition) is 2. The van der Waals surface area contributed by atoms with Gasteiger partial charge in [-0.2, -0.15) is 13.2 Å². The molecule has 0 bridgehead atoms. The highest BCUT2D eigenvalue weighted by Gasteiger charge is 2.34. The van der Waals surface area contributed by atoms with E-state index >= 15 is 0 Å². The summed E-state index contributed by atoms with van der Waals surface area (Å²) in [5.74, 6) is -0.297. The second kappa shape index (κ2) is 5.91. The molecule has 1 fully saturated rings. The van der Waals surface area contributed by atoms with Crippen LogP contribution in [0.1, 0.15) is 39.5 Å². The van der Waals surface area contributed by atoms with Crippen molar-refractivity contribution >= 4 is 5.91 Å². The Balaban J connectivity index is 2.48. The Morgan fingerprint density at radius 1 is 1.44 bits per heavy atom. The lowest BCUT2D eigenvalue weighted by Crippen LogP contribution is -2.48. The van der Waals surface area contributed by atoms with Crippen molar-refractivity contribution in [1.82, 2.24) is 5.32 Å². The first-order valence-electron chi connectivity index (χ1n) is 6.31. The van der Waals surface area contributed by atoms with Gasteiger partial charge in [0, 0.05) is 12.1 Å². The van der Waals surface area contributed by atoms with Crippen LogP contribution in [0.15, 0.2) is 0 Å². The fourth-order valence-electron chi connectivity index (χ4n) is 2.45. The van der Waals surface area contributed by atoms with Crippen molar-refractivity contribution in [2.24, 2.45) is 17.6 Å². The molecular weight excluding hydrogens is 245 g/mol. The Morgan fingerprint density at radius 2 is 2.06 bits per heavy atom. The van der Waals surface area contributed by atoms with E-state index in [1.165, 1.54) is 6.92 Å². The molecule has 0 radical (unpaired) electrons. The Kier molecular flexibility index (Phi) is 5.01. The second-order valence-corrected chi connectivity index (χ2v) is 5.42. The number of carbonyl (C=O) groups is 1. The molecule has 0 spiro atoms. The topological polar surface area (TPSA) is 55.1 Å². The van der Waals surface area contributed by atoms with Crippen LogP contribution in [0.2, 0.25) is 0 Å². The third-order valence-corrected chi connectivity index (χ3v) is 3.43. The molecule has 1 aliphatic rings. The third kappa shape index (κ3) is 4.84. The molecule has 18 heavy (non-hydrogen) atoms. The highest BCUT2D eigenvalue weighted by molar-refractivity contribution is 5.79. The van der Waals surface area contributed by atoms with Crippen LogP contribution in [-0.2, 0) is 4.79 Å². The fourth-order valence-corrected chi connectivity index (χ4v) is 2.45. The van der Waals surface area contributed by atoms with E-state index in [0.717, 1.165) is 12.8 Å². The van der Waals surface area contributed by atoms with E-state index in [9.17, 15) is 18.0 Å². The summed E-state index contributed by atoms with van der Waals surface area (Å²) in [4.78, 5) is 11.9. The van der Waals surface area contributed by atoms with E-state index in [0.29, 0.717) is 12.3 Å². The number of hydrogen-bond acceptors (Lipinski definition) is 2. The van der Waals surface area contributed by atoms with Gasteiger partial charge in [-0.15, -0.1) is 0 Å². The molecule has 0 aromatic heterocycles. The van der Waals surface area contributed by atoms with Crippen molar-refractivity contribution in [1.29, 1.82) is 0 Å². The molecule has 1 aliphatic carbocycles. The summed E-state index contributed by atoms with van der Waals surface area (Å²) < 4.78 is 36.5. The first-order valence-corrected chi connectivity index (χ1v) is 6.31. The van der Waals surface area contributed by atoms with Gasteiger partial charge in [-0.3, -0.25) is 4.79 Å². The molecule has 0 saturated heterocycles. The van der Waals surface area contributed by atoms with E-state index < -0.39 is 18.6 Å². The summed E-state index contributed by atoms with van der Waals surface area (Å²) in [6.07, 6.45) is -2.87. The monoisotopic (exact) mass is 266 g/mol. The molecule has 1 amide bonds. The van der Waals surface area contributed by atoms with Crippen LogP contribution in [0, 0.1) is 11.8 Å². The number of halogens is 3. The van der Waals surface area contributed by atoms with Crippen molar-refractivity contribution in [2.45, 2.75) is 57.8 Å². The summed E-state index contributed by atoms with van der Waals surface area (Å²) in [5.41, 5.74) is 5.86. The van der Waals surface area contributed by atoms with Crippen LogP contribution in [0.25, 0.3) is 0 Å². The lowest BCUT2D eigenvalue weighted by Gasteiger charge is -2.32. The minimum Gasteiger partial charge on any atom is -0.353 e. The Bertz CT molecular complexity index is 294. The summed E-state index contributed by atoms with van der Waals surface area (Å²) in [6.45, 7) is 3.40. The van der Waals surface area contributed by atoms with E-state index in [2.05, 4.69) is 5.32 Å². The average molecular weight is 266 g/mol. The maximum Gasteiger partial charge on any atom is 0.391 e. The van der Waals surface area contributed by atoms with Crippen LogP contribution in [0.3, 0.4) is 0 Å². The first kappa shape index (κ1) is 15.3. The molecule has 1 rings (SSSR count). The van der Waals surface area contributed by atoms with Crippen molar-refractivity contribution in [3.8, 4) is 0 Å². The number of nitrogens with two attached hydrogens (primary N) is 1. The average Bonchev–Trinajstić information content (AvgIpc) is 2.18. The summed E-state index contributed by atoms with van der Waals surface area (Å²) in [5, 5.41) is 2.42. The Hall–Kier alpha value is -0.780. The molecule has 1 saturated carbocycles. The van der Waals surface area contributed by atoms with E-state index in [4.69, 9.17) is 5.73 Å². The molecule has 3 N–H and O–H groups in total. The molecular formula is C12H21F3N2O. The van der Waals surface area contributed by atoms with Gasteiger partial charge in [0.1, 0.15) is 0 Å². The van der Waals surface area contributed by atoms with Crippen LogP contribution in [0.4, 0.5) is 13.2 Å². The predicted molar refractivity (Wildman–Crippen MR) is 62.8 cm³/mol. The molecule has 0 aromatic carbocycles. The summed E-state index contributed by atoms with van der Waals surface area (Å²) in [7, 11) is 0. The van der Waals surface area contributed by atoms with Gasteiger partial charge >= 0.3 is 6.18 Å². The van der Waals surface area contributed by atoms with Crippen LogP contribution < -0.4 is 11.1 Å². The van der Waals surface area contributed by atoms with Crippen LogP contribution in [-0.4, -0.2) is 24.2 Å². The minimum absolute atomic E-state index is 0.237. The predicted octanol–water partition coefficient (Wildman–Crippen LogP) is 2.21. The van der Waals surface area contributed by atoms with E-state index in [-0.39, 0.29) is 17.9 Å². The van der Waals surface area contributed by atoms with Gasteiger partial charge in [0.15, 0.2) is 0 Å². The highest BCUT2D eigenvalue weighted by Crippen LogP contribution is 2.28. The van der Waals surface area contributed by atoms with Gasteiger partial charge in [0.05, 0.1) is 12.3 Å². The molecule has 0 aliphatic heterocycles. The normalized spacial score (nSPS) is 30.9. The minimum atomic E-state index is -4.26. The van der Waals surface area contributed by atoms with E-state index in [1.54, 1.807) is 0 Å². The quantitative estimate of drug-likeness (QED) is 0.823. The fraction of sp³-hybridized carbons (Fsp3) is 0.917. The van der Waals surface area contributed by atoms with Crippen molar-refractivity contribution in [2.75, 3.05) is 0 Å². The van der Waals surface area contributed by atoms with Gasteiger partial charge in [0.2, 0.25) is 5.91 Å².